The van der Waals surface area contributed by atoms with Crippen molar-refractivity contribution in [3.8, 4) is 0 Å². The molecule has 1 aromatic carbocycles. The third kappa shape index (κ3) is 5.74. The summed E-state index contributed by atoms with van der Waals surface area (Å²) < 4.78 is 0. The molecule has 0 spiro atoms. The van der Waals surface area contributed by atoms with Crippen molar-refractivity contribution in [1.82, 2.24) is 15.1 Å². The maximum absolute atomic E-state index is 12.7. The fourth-order valence-electron chi connectivity index (χ4n) is 3.79. The van der Waals surface area contributed by atoms with Crippen LogP contribution in [0.5, 0.6) is 0 Å². The Morgan fingerprint density at radius 2 is 1.92 bits per heavy atom. The standard InChI is InChI=1S/C19H27Cl2N3O.ClH/c1-14-12-16(4-6-22-14)19(25)24-10-8-23(9-11-24)7-5-15-2-3-17(20)18(21)13-15;/h2-3,13-14,16,22H,4-12H2,1H3;1H/t14-,16-;/m0./s1. The van der Waals surface area contributed by atoms with Crippen molar-refractivity contribution < 1.29 is 4.79 Å². The molecule has 1 aromatic rings. The first-order valence-corrected chi connectivity index (χ1v) is 9.97. The minimum absolute atomic E-state index is 0. The van der Waals surface area contributed by atoms with Gasteiger partial charge in [-0.3, -0.25) is 9.69 Å². The van der Waals surface area contributed by atoms with Gasteiger partial charge in [-0.25, -0.2) is 0 Å². The minimum Gasteiger partial charge on any atom is -0.340 e. The highest BCUT2D eigenvalue weighted by atomic mass is 35.5. The Morgan fingerprint density at radius 1 is 1.19 bits per heavy atom. The Morgan fingerprint density at radius 3 is 2.58 bits per heavy atom. The minimum atomic E-state index is 0. The fourth-order valence-corrected chi connectivity index (χ4v) is 4.11. The molecule has 0 bridgehead atoms. The summed E-state index contributed by atoms with van der Waals surface area (Å²) in [5.74, 6) is 0.566. The third-order valence-electron chi connectivity index (χ3n) is 5.36. The fraction of sp³-hybridized carbons (Fsp3) is 0.632. The molecule has 2 saturated heterocycles. The largest absolute Gasteiger partial charge is 0.340 e. The summed E-state index contributed by atoms with van der Waals surface area (Å²) in [6.45, 7) is 7.71. The summed E-state index contributed by atoms with van der Waals surface area (Å²) in [6, 6.07) is 6.29. The van der Waals surface area contributed by atoms with Gasteiger partial charge in [0, 0.05) is 44.7 Å². The van der Waals surface area contributed by atoms with Gasteiger partial charge >= 0.3 is 0 Å². The van der Waals surface area contributed by atoms with Crippen LogP contribution >= 0.6 is 35.6 Å². The van der Waals surface area contributed by atoms with Gasteiger partial charge in [-0.1, -0.05) is 29.3 Å². The molecular weight excluding hydrogens is 393 g/mol. The molecule has 2 heterocycles. The molecule has 0 unspecified atom stereocenters. The third-order valence-corrected chi connectivity index (χ3v) is 6.10. The lowest BCUT2D eigenvalue weighted by atomic mass is 9.92. The van der Waals surface area contributed by atoms with Crippen LogP contribution in [0.25, 0.3) is 0 Å². The van der Waals surface area contributed by atoms with Crippen LogP contribution in [0.15, 0.2) is 18.2 Å². The van der Waals surface area contributed by atoms with Gasteiger partial charge in [0.15, 0.2) is 0 Å². The lowest BCUT2D eigenvalue weighted by Gasteiger charge is -2.38. The average molecular weight is 421 g/mol. The number of hydrogen-bond acceptors (Lipinski definition) is 3. The number of carbonyl (C=O) groups excluding carboxylic acids is 1. The molecule has 2 atom stereocenters. The monoisotopic (exact) mass is 419 g/mol. The number of amides is 1. The first kappa shape index (κ1) is 21.8. The molecule has 4 nitrogen and oxygen atoms in total. The van der Waals surface area contributed by atoms with E-state index in [1.54, 1.807) is 0 Å². The SMILES string of the molecule is C[C@H]1C[C@@H](C(=O)N2CCN(CCc3ccc(Cl)c(Cl)c3)CC2)CCN1.Cl. The molecule has 1 amide bonds. The predicted molar refractivity (Wildman–Crippen MR) is 111 cm³/mol. The number of rotatable bonds is 4. The number of carbonyl (C=O) groups is 1. The van der Waals surface area contributed by atoms with Gasteiger partial charge in [0.2, 0.25) is 5.91 Å². The molecule has 7 heteroatoms. The van der Waals surface area contributed by atoms with Crippen molar-refractivity contribution in [1.29, 1.82) is 0 Å². The first-order valence-electron chi connectivity index (χ1n) is 9.21. The number of benzene rings is 1. The maximum Gasteiger partial charge on any atom is 0.225 e. The van der Waals surface area contributed by atoms with Gasteiger partial charge in [0.25, 0.3) is 0 Å². The Labute approximate surface area is 172 Å². The Bertz CT molecular complexity index is 606. The van der Waals surface area contributed by atoms with Gasteiger partial charge < -0.3 is 10.2 Å². The second-order valence-corrected chi connectivity index (χ2v) is 8.06. The normalized spacial score (nSPS) is 24.2. The van der Waals surface area contributed by atoms with E-state index in [2.05, 4.69) is 22.0 Å². The van der Waals surface area contributed by atoms with Crippen molar-refractivity contribution in [3.05, 3.63) is 33.8 Å². The van der Waals surface area contributed by atoms with Gasteiger partial charge in [0.1, 0.15) is 0 Å². The zero-order valence-corrected chi connectivity index (χ0v) is 17.5. The quantitative estimate of drug-likeness (QED) is 0.810. The van der Waals surface area contributed by atoms with Crippen LogP contribution in [-0.4, -0.2) is 61.0 Å². The van der Waals surface area contributed by atoms with Gasteiger partial charge in [-0.05, 0) is 50.4 Å². The van der Waals surface area contributed by atoms with E-state index in [1.807, 2.05) is 18.2 Å². The van der Waals surface area contributed by atoms with Crippen LogP contribution in [0, 0.1) is 5.92 Å². The smallest absolute Gasteiger partial charge is 0.225 e. The van der Waals surface area contributed by atoms with E-state index in [4.69, 9.17) is 23.2 Å². The van der Waals surface area contributed by atoms with Crippen LogP contribution in [0.2, 0.25) is 10.0 Å². The molecule has 2 aliphatic heterocycles. The van der Waals surface area contributed by atoms with E-state index in [0.717, 1.165) is 58.5 Å². The first-order chi connectivity index (χ1) is 12.0. The van der Waals surface area contributed by atoms with Gasteiger partial charge in [0.05, 0.1) is 10.0 Å². The highest BCUT2D eigenvalue weighted by Gasteiger charge is 2.30. The molecular formula is C19H28Cl3N3O. The summed E-state index contributed by atoms with van der Waals surface area (Å²) in [7, 11) is 0. The van der Waals surface area contributed by atoms with Gasteiger partial charge in [-0.15, -0.1) is 12.4 Å². The molecule has 146 valence electrons. The summed E-state index contributed by atoms with van der Waals surface area (Å²) in [5.41, 5.74) is 1.21. The highest BCUT2D eigenvalue weighted by molar-refractivity contribution is 6.42. The van der Waals surface area contributed by atoms with Crippen molar-refractivity contribution >= 4 is 41.5 Å². The number of piperazine rings is 1. The molecule has 0 aromatic heterocycles. The number of halogens is 3. The van der Waals surface area contributed by atoms with E-state index < -0.39 is 0 Å². The zero-order chi connectivity index (χ0) is 17.8. The molecule has 3 rings (SSSR count). The van der Waals surface area contributed by atoms with E-state index in [-0.39, 0.29) is 18.3 Å². The summed E-state index contributed by atoms with van der Waals surface area (Å²) in [6.07, 6.45) is 2.90. The number of nitrogens with zero attached hydrogens (tertiary/aromatic N) is 2. The van der Waals surface area contributed by atoms with E-state index in [9.17, 15) is 4.79 Å². The molecule has 2 aliphatic rings. The van der Waals surface area contributed by atoms with Crippen LogP contribution in [0.4, 0.5) is 0 Å². The molecule has 0 aliphatic carbocycles. The lowest BCUT2D eigenvalue weighted by Crippen LogP contribution is -2.52. The van der Waals surface area contributed by atoms with E-state index >= 15 is 0 Å². The number of piperidine rings is 1. The van der Waals surface area contributed by atoms with Crippen molar-refractivity contribution in [2.45, 2.75) is 32.2 Å². The molecule has 26 heavy (non-hydrogen) atoms. The second-order valence-electron chi connectivity index (χ2n) is 7.24. The van der Waals surface area contributed by atoms with Crippen LogP contribution in [0.3, 0.4) is 0 Å². The number of nitrogens with one attached hydrogen (secondary N) is 1. The maximum atomic E-state index is 12.7. The average Bonchev–Trinajstić information content (AvgIpc) is 2.62. The predicted octanol–water partition coefficient (Wildman–Crippen LogP) is 3.49. The lowest BCUT2D eigenvalue weighted by molar-refractivity contribution is -0.138. The van der Waals surface area contributed by atoms with Gasteiger partial charge in [-0.2, -0.15) is 0 Å². The van der Waals surface area contributed by atoms with Crippen molar-refractivity contribution in [2.75, 3.05) is 39.3 Å². The van der Waals surface area contributed by atoms with E-state index in [0.29, 0.717) is 22.0 Å². The Kier molecular flexibility index (Phi) is 8.49. The Balaban J connectivity index is 0.00000243. The number of hydrogen-bond donors (Lipinski definition) is 1. The Hall–Kier alpha value is -0.520. The van der Waals surface area contributed by atoms with Crippen molar-refractivity contribution in [2.24, 2.45) is 5.92 Å². The topological polar surface area (TPSA) is 35.6 Å². The second kappa shape index (κ2) is 10.1. The summed E-state index contributed by atoms with van der Waals surface area (Å²) in [5, 5.41) is 4.64. The molecule has 1 N–H and O–H groups in total. The summed E-state index contributed by atoms with van der Waals surface area (Å²) >= 11 is 12.0. The molecule has 0 radical (unpaired) electrons. The van der Waals surface area contributed by atoms with Crippen LogP contribution < -0.4 is 5.32 Å². The van der Waals surface area contributed by atoms with Crippen molar-refractivity contribution in [3.63, 3.8) is 0 Å². The van der Waals surface area contributed by atoms with Crippen LogP contribution in [0.1, 0.15) is 25.3 Å². The molecule has 2 fully saturated rings. The van der Waals surface area contributed by atoms with E-state index in [1.165, 1.54) is 5.56 Å². The highest BCUT2D eigenvalue weighted by Crippen LogP contribution is 2.23. The summed E-state index contributed by atoms with van der Waals surface area (Å²) in [4.78, 5) is 17.2. The molecule has 0 saturated carbocycles. The van der Waals surface area contributed by atoms with Crippen LogP contribution in [-0.2, 0) is 11.2 Å². The zero-order valence-electron chi connectivity index (χ0n) is 15.2.